The average molecular weight is 435 g/mol. The summed E-state index contributed by atoms with van der Waals surface area (Å²) in [5.74, 6) is -0.0586. The smallest absolute Gasteiger partial charge is 0.230 e. The van der Waals surface area contributed by atoms with Gasteiger partial charge in [-0.1, -0.05) is 44.2 Å². The van der Waals surface area contributed by atoms with Crippen LogP contribution < -0.4 is 5.32 Å². The molecule has 2 amide bonds. The number of amides is 2. The van der Waals surface area contributed by atoms with Gasteiger partial charge < -0.3 is 14.8 Å². The van der Waals surface area contributed by atoms with Crippen LogP contribution in [0.3, 0.4) is 0 Å². The summed E-state index contributed by atoms with van der Waals surface area (Å²) in [7, 11) is 0. The van der Waals surface area contributed by atoms with Crippen molar-refractivity contribution in [3.8, 4) is 11.3 Å². The molecule has 6 nitrogen and oxygen atoms in total. The van der Waals surface area contributed by atoms with E-state index in [0.717, 1.165) is 5.56 Å². The van der Waals surface area contributed by atoms with Gasteiger partial charge in [0.05, 0.1) is 18.8 Å². The van der Waals surface area contributed by atoms with Crippen molar-refractivity contribution in [1.82, 2.24) is 14.5 Å². The molecule has 32 heavy (non-hydrogen) atoms. The first-order chi connectivity index (χ1) is 15.4. The quantitative estimate of drug-likeness (QED) is 0.607. The number of halogens is 1. The van der Waals surface area contributed by atoms with Gasteiger partial charge in [-0.15, -0.1) is 0 Å². The summed E-state index contributed by atoms with van der Waals surface area (Å²) < 4.78 is 15.3. The van der Waals surface area contributed by atoms with E-state index in [0.29, 0.717) is 42.6 Å². The highest BCUT2D eigenvalue weighted by Crippen LogP contribution is 2.29. The molecule has 0 saturated carbocycles. The van der Waals surface area contributed by atoms with Crippen molar-refractivity contribution in [2.24, 2.45) is 11.8 Å². The Morgan fingerprint density at radius 2 is 1.88 bits per heavy atom. The van der Waals surface area contributed by atoms with E-state index in [9.17, 15) is 14.0 Å². The van der Waals surface area contributed by atoms with Gasteiger partial charge in [-0.05, 0) is 35.7 Å². The molecule has 1 aliphatic heterocycles. The second-order valence-corrected chi connectivity index (χ2v) is 8.65. The molecule has 7 heteroatoms. The normalized spacial score (nSPS) is 16.1. The number of aromatic nitrogens is 2. The van der Waals surface area contributed by atoms with Gasteiger partial charge in [0.15, 0.2) is 0 Å². The van der Waals surface area contributed by atoms with Crippen LogP contribution in [0, 0.1) is 17.7 Å². The summed E-state index contributed by atoms with van der Waals surface area (Å²) in [5.41, 5.74) is 2.33. The van der Waals surface area contributed by atoms with Crippen LogP contribution in [0.5, 0.6) is 0 Å². The molecular formula is C25H27FN4O2. The lowest BCUT2D eigenvalue weighted by molar-refractivity contribution is -0.128. The maximum absolute atomic E-state index is 13.4. The van der Waals surface area contributed by atoms with Crippen molar-refractivity contribution >= 4 is 17.6 Å². The van der Waals surface area contributed by atoms with Gasteiger partial charge >= 0.3 is 0 Å². The van der Waals surface area contributed by atoms with Crippen LogP contribution in [0.1, 0.15) is 25.8 Å². The maximum atomic E-state index is 13.4. The minimum atomic E-state index is -0.414. The number of benzene rings is 2. The van der Waals surface area contributed by atoms with Gasteiger partial charge in [0, 0.05) is 25.1 Å². The zero-order chi connectivity index (χ0) is 22.7. The van der Waals surface area contributed by atoms with Crippen LogP contribution in [0.25, 0.3) is 11.3 Å². The lowest BCUT2D eigenvalue weighted by Crippen LogP contribution is -2.31. The van der Waals surface area contributed by atoms with Crippen molar-refractivity contribution in [3.63, 3.8) is 0 Å². The number of nitrogens with one attached hydrogen (secondary N) is 1. The fourth-order valence-corrected chi connectivity index (χ4v) is 4.02. The monoisotopic (exact) mass is 434 g/mol. The fourth-order valence-electron chi connectivity index (χ4n) is 4.02. The number of likely N-dealkylation sites (tertiary alicyclic amines) is 1. The van der Waals surface area contributed by atoms with Crippen LogP contribution >= 0.6 is 0 Å². The zero-order valence-corrected chi connectivity index (χ0v) is 18.3. The molecule has 0 unspecified atom stereocenters. The van der Waals surface area contributed by atoms with E-state index in [2.05, 4.69) is 24.1 Å². The third-order valence-electron chi connectivity index (χ3n) is 5.56. The Balaban J connectivity index is 1.60. The van der Waals surface area contributed by atoms with Crippen LogP contribution in [0.4, 0.5) is 10.2 Å². The Bertz CT molecular complexity index is 1090. The van der Waals surface area contributed by atoms with Crippen LogP contribution in [-0.2, 0) is 16.1 Å². The van der Waals surface area contributed by atoms with Crippen molar-refractivity contribution in [3.05, 3.63) is 72.3 Å². The molecule has 4 rings (SSSR count). The SMILES string of the molecule is CC(C)CN1C[C@H](C(=O)Nc2c(-c3ccc(F)cc3)ncn2Cc2ccccc2)CC1=O. The molecule has 1 fully saturated rings. The minimum Gasteiger partial charge on any atom is -0.342 e. The lowest BCUT2D eigenvalue weighted by atomic mass is 10.1. The molecule has 1 atom stereocenters. The van der Waals surface area contributed by atoms with Crippen LogP contribution in [-0.4, -0.2) is 39.4 Å². The van der Waals surface area contributed by atoms with Gasteiger partial charge in [0.2, 0.25) is 11.8 Å². The molecule has 2 aromatic carbocycles. The molecule has 0 aliphatic carbocycles. The van der Waals surface area contributed by atoms with E-state index in [-0.39, 0.29) is 24.1 Å². The number of carbonyl (C=O) groups excluding carboxylic acids is 2. The highest BCUT2D eigenvalue weighted by atomic mass is 19.1. The number of carbonyl (C=O) groups is 2. The summed E-state index contributed by atoms with van der Waals surface area (Å²) in [6, 6.07) is 15.9. The highest BCUT2D eigenvalue weighted by Gasteiger charge is 2.35. The Morgan fingerprint density at radius 1 is 1.16 bits per heavy atom. The van der Waals surface area contributed by atoms with E-state index in [1.807, 2.05) is 34.9 Å². The van der Waals surface area contributed by atoms with E-state index in [1.54, 1.807) is 23.4 Å². The van der Waals surface area contributed by atoms with Crippen molar-refractivity contribution < 1.29 is 14.0 Å². The Hall–Kier alpha value is -3.48. The zero-order valence-electron chi connectivity index (χ0n) is 18.3. The molecule has 2 heterocycles. The van der Waals surface area contributed by atoms with E-state index < -0.39 is 5.92 Å². The van der Waals surface area contributed by atoms with Crippen LogP contribution in [0.15, 0.2) is 60.9 Å². The number of imidazole rings is 1. The number of anilines is 1. The lowest BCUT2D eigenvalue weighted by Gasteiger charge is -2.19. The molecule has 1 aliphatic rings. The summed E-state index contributed by atoms with van der Waals surface area (Å²) in [6.07, 6.45) is 1.88. The summed E-state index contributed by atoms with van der Waals surface area (Å²) >= 11 is 0. The molecule has 166 valence electrons. The second-order valence-electron chi connectivity index (χ2n) is 8.65. The third-order valence-corrected chi connectivity index (χ3v) is 5.56. The van der Waals surface area contributed by atoms with E-state index in [4.69, 9.17) is 0 Å². The Kier molecular flexibility index (Phi) is 6.35. The molecular weight excluding hydrogens is 407 g/mol. The van der Waals surface area contributed by atoms with Crippen molar-refractivity contribution in [1.29, 1.82) is 0 Å². The second kappa shape index (κ2) is 9.34. The topological polar surface area (TPSA) is 67.2 Å². The Labute approximate surface area is 187 Å². The van der Waals surface area contributed by atoms with Gasteiger partial charge in [0.25, 0.3) is 0 Å². The third kappa shape index (κ3) is 4.88. The molecule has 0 radical (unpaired) electrons. The maximum Gasteiger partial charge on any atom is 0.230 e. The first-order valence-corrected chi connectivity index (χ1v) is 10.8. The molecule has 0 spiro atoms. The summed E-state index contributed by atoms with van der Waals surface area (Å²) in [6.45, 7) is 5.69. The molecule has 1 N–H and O–H groups in total. The van der Waals surface area contributed by atoms with Crippen molar-refractivity contribution in [2.75, 3.05) is 18.4 Å². The van der Waals surface area contributed by atoms with Gasteiger partial charge in [-0.2, -0.15) is 0 Å². The standard InChI is InChI=1S/C25H27FN4O2/c1-17(2)13-29-15-20(12-22(29)31)25(32)28-24-23(19-8-10-21(26)11-9-19)27-16-30(24)14-18-6-4-3-5-7-18/h3-11,16-17,20H,12-15H2,1-2H3,(H,28,32)/t20-/m1/s1. The number of rotatable bonds is 7. The molecule has 3 aromatic rings. The molecule has 1 saturated heterocycles. The number of hydrogen-bond donors (Lipinski definition) is 1. The minimum absolute atomic E-state index is 0.00963. The molecule has 0 bridgehead atoms. The summed E-state index contributed by atoms with van der Waals surface area (Å²) in [5, 5.41) is 3.02. The Morgan fingerprint density at radius 3 is 2.56 bits per heavy atom. The molecule has 1 aromatic heterocycles. The van der Waals surface area contributed by atoms with E-state index in [1.165, 1.54) is 12.1 Å². The first-order valence-electron chi connectivity index (χ1n) is 10.8. The largest absolute Gasteiger partial charge is 0.342 e. The average Bonchev–Trinajstić information content (AvgIpc) is 3.32. The number of hydrogen-bond acceptors (Lipinski definition) is 3. The highest BCUT2D eigenvalue weighted by molar-refractivity contribution is 5.98. The van der Waals surface area contributed by atoms with Crippen molar-refractivity contribution in [2.45, 2.75) is 26.8 Å². The van der Waals surface area contributed by atoms with Gasteiger partial charge in [0.1, 0.15) is 17.3 Å². The van der Waals surface area contributed by atoms with E-state index >= 15 is 0 Å². The van der Waals surface area contributed by atoms with Gasteiger partial charge in [-0.25, -0.2) is 9.37 Å². The summed E-state index contributed by atoms with van der Waals surface area (Å²) in [4.78, 5) is 31.8. The van der Waals surface area contributed by atoms with Gasteiger partial charge in [-0.3, -0.25) is 9.59 Å². The number of nitrogens with zero attached hydrogens (tertiary/aromatic N) is 3. The predicted octanol–water partition coefficient (Wildman–Crippen LogP) is 4.18. The van der Waals surface area contributed by atoms with Crippen LogP contribution in [0.2, 0.25) is 0 Å². The fraction of sp³-hybridized carbons (Fsp3) is 0.320. The first kappa shape index (κ1) is 21.7. The predicted molar refractivity (Wildman–Crippen MR) is 121 cm³/mol.